The number of hydrogen-bond donors (Lipinski definition) is 0. The van der Waals surface area contributed by atoms with Crippen molar-refractivity contribution in [3.05, 3.63) is 29.8 Å². The number of rotatable bonds is 2. The molecule has 6 heteroatoms. The molecule has 104 valence electrons. The average molecular weight is 272 g/mol. The van der Waals surface area contributed by atoms with Gasteiger partial charge in [0.1, 0.15) is 12.4 Å². The molecule has 0 aliphatic carbocycles. The second kappa shape index (κ2) is 4.63. The van der Waals surface area contributed by atoms with E-state index in [9.17, 15) is 9.59 Å². The summed E-state index contributed by atoms with van der Waals surface area (Å²) in [6.45, 7) is 1.24. The predicted molar refractivity (Wildman–Crippen MR) is 76.0 cm³/mol. The molecular formula is C14H16N4O2. The molecule has 0 saturated heterocycles. The number of amides is 3. The van der Waals surface area contributed by atoms with E-state index in [4.69, 9.17) is 0 Å². The number of aliphatic imine (C=N–C) groups is 1. The normalized spacial score (nSPS) is 16.7. The van der Waals surface area contributed by atoms with Crippen molar-refractivity contribution >= 4 is 23.5 Å². The van der Waals surface area contributed by atoms with E-state index < -0.39 is 0 Å². The molecule has 0 unspecified atom stereocenters. The van der Waals surface area contributed by atoms with Crippen molar-refractivity contribution in [2.75, 3.05) is 38.6 Å². The molecule has 2 aliphatic rings. The van der Waals surface area contributed by atoms with Crippen LogP contribution < -0.4 is 4.90 Å². The molecule has 1 aromatic carbocycles. The highest BCUT2D eigenvalue weighted by atomic mass is 16.2. The average Bonchev–Trinajstić information content (AvgIpc) is 2.92. The largest absolute Gasteiger partial charge is 0.347 e. The van der Waals surface area contributed by atoms with Crippen LogP contribution in [-0.2, 0) is 4.79 Å². The van der Waals surface area contributed by atoms with Crippen molar-refractivity contribution in [2.24, 2.45) is 4.99 Å². The number of likely N-dealkylation sites (N-methyl/N-ethyl adjacent to an activating group) is 1. The molecular weight excluding hydrogens is 256 g/mol. The highest BCUT2D eigenvalue weighted by Crippen LogP contribution is 2.30. The van der Waals surface area contributed by atoms with Gasteiger partial charge in [-0.3, -0.25) is 19.6 Å². The van der Waals surface area contributed by atoms with Gasteiger partial charge in [0, 0.05) is 26.2 Å². The number of amidine groups is 1. The van der Waals surface area contributed by atoms with Gasteiger partial charge in [-0.15, -0.1) is 0 Å². The minimum Gasteiger partial charge on any atom is -0.347 e. The quantitative estimate of drug-likeness (QED) is 0.798. The Labute approximate surface area is 117 Å². The SMILES string of the molecule is CN(C)C(=O)CN1C(=O)N2CCN=C2c2ccccc21. The molecule has 1 aromatic rings. The Balaban J connectivity index is 2.03. The minimum absolute atomic E-state index is 0.0482. The first-order valence-corrected chi connectivity index (χ1v) is 6.52. The van der Waals surface area contributed by atoms with Gasteiger partial charge in [0.15, 0.2) is 0 Å². The van der Waals surface area contributed by atoms with Crippen molar-refractivity contribution in [2.45, 2.75) is 0 Å². The molecule has 2 aliphatic heterocycles. The van der Waals surface area contributed by atoms with Gasteiger partial charge in [0.2, 0.25) is 5.91 Å². The molecule has 0 spiro atoms. The van der Waals surface area contributed by atoms with Crippen molar-refractivity contribution in [1.82, 2.24) is 9.80 Å². The second-order valence-corrected chi connectivity index (χ2v) is 5.03. The van der Waals surface area contributed by atoms with Crippen LogP contribution in [0.15, 0.2) is 29.3 Å². The van der Waals surface area contributed by atoms with Gasteiger partial charge in [-0.05, 0) is 12.1 Å². The number of fused-ring (bicyclic) bond motifs is 3. The van der Waals surface area contributed by atoms with Crippen LogP contribution in [-0.4, -0.2) is 61.3 Å². The lowest BCUT2D eigenvalue weighted by atomic mass is 10.1. The summed E-state index contributed by atoms with van der Waals surface area (Å²) in [6, 6.07) is 7.40. The summed E-state index contributed by atoms with van der Waals surface area (Å²) in [5, 5.41) is 0. The maximum absolute atomic E-state index is 12.5. The van der Waals surface area contributed by atoms with Crippen LogP contribution >= 0.6 is 0 Å². The van der Waals surface area contributed by atoms with Crippen molar-refractivity contribution in [3.8, 4) is 0 Å². The lowest BCUT2D eigenvalue weighted by Gasteiger charge is -2.35. The van der Waals surface area contributed by atoms with Crippen LogP contribution in [0.4, 0.5) is 10.5 Å². The number of nitrogens with zero attached hydrogens (tertiary/aromatic N) is 4. The molecule has 0 radical (unpaired) electrons. The van der Waals surface area contributed by atoms with Gasteiger partial charge in [-0.25, -0.2) is 4.79 Å². The third-order valence-electron chi connectivity index (χ3n) is 3.53. The van der Waals surface area contributed by atoms with Crippen LogP contribution in [0, 0.1) is 0 Å². The lowest BCUT2D eigenvalue weighted by Crippen LogP contribution is -2.52. The number of para-hydroxylation sites is 1. The van der Waals surface area contributed by atoms with Gasteiger partial charge in [-0.1, -0.05) is 12.1 Å². The molecule has 0 fully saturated rings. The number of benzene rings is 1. The number of hydrogen-bond acceptors (Lipinski definition) is 3. The molecule has 20 heavy (non-hydrogen) atoms. The first-order chi connectivity index (χ1) is 9.59. The van der Waals surface area contributed by atoms with Crippen LogP contribution in [0.2, 0.25) is 0 Å². The van der Waals surface area contributed by atoms with Gasteiger partial charge in [0.25, 0.3) is 0 Å². The molecule has 0 N–H and O–H groups in total. The molecule has 0 aromatic heterocycles. The molecule has 2 heterocycles. The fourth-order valence-electron chi connectivity index (χ4n) is 2.44. The van der Waals surface area contributed by atoms with E-state index >= 15 is 0 Å². The molecule has 0 atom stereocenters. The number of urea groups is 1. The monoisotopic (exact) mass is 272 g/mol. The van der Waals surface area contributed by atoms with E-state index in [2.05, 4.69) is 4.99 Å². The summed E-state index contributed by atoms with van der Waals surface area (Å²) < 4.78 is 0. The van der Waals surface area contributed by atoms with Crippen LogP contribution in [0.5, 0.6) is 0 Å². The second-order valence-electron chi connectivity index (χ2n) is 5.03. The summed E-state index contributed by atoms with van der Waals surface area (Å²) in [5.41, 5.74) is 1.67. The van der Waals surface area contributed by atoms with E-state index in [1.807, 2.05) is 24.3 Å². The van der Waals surface area contributed by atoms with E-state index in [0.29, 0.717) is 13.1 Å². The Morgan fingerprint density at radius 3 is 2.85 bits per heavy atom. The summed E-state index contributed by atoms with van der Waals surface area (Å²) in [4.78, 5) is 33.5. The first kappa shape index (κ1) is 12.7. The fourth-order valence-corrected chi connectivity index (χ4v) is 2.44. The van der Waals surface area contributed by atoms with E-state index in [-0.39, 0.29) is 18.5 Å². The molecule has 0 bridgehead atoms. The minimum atomic E-state index is -0.171. The summed E-state index contributed by atoms with van der Waals surface area (Å²) in [7, 11) is 3.37. The zero-order valence-corrected chi connectivity index (χ0v) is 11.5. The zero-order valence-electron chi connectivity index (χ0n) is 11.5. The maximum atomic E-state index is 12.5. The topological polar surface area (TPSA) is 56.2 Å². The summed E-state index contributed by atoms with van der Waals surface area (Å²) >= 11 is 0. The highest BCUT2D eigenvalue weighted by molar-refractivity contribution is 6.20. The Morgan fingerprint density at radius 1 is 1.35 bits per heavy atom. The maximum Gasteiger partial charge on any atom is 0.330 e. The Morgan fingerprint density at radius 2 is 2.10 bits per heavy atom. The van der Waals surface area contributed by atoms with Crippen molar-refractivity contribution in [1.29, 1.82) is 0 Å². The van der Waals surface area contributed by atoms with Gasteiger partial charge < -0.3 is 4.90 Å². The van der Waals surface area contributed by atoms with Crippen LogP contribution in [0.25, 0.3) is 0 Å². The third-order valence-corrected chi connectivity index (χ3v) is 3.53. The van der Waals surface area contributed by atoms with Gasteiger partial charge in [0.05, 0.1) is 12.2 Å². The van der Waals surface area contributed by atoms with Crippen LogP contribution in [0.1, 0.15) is 5.56 Å². The van der Waals surface area contributed by atoms with Crippen molar-refractivity contribution < 1.29 is 9.59 Å². The number of carbonyl (C=O) groups excluding carboxylic acids is 2. The third kappa shape index (κ3) is 1.84. The number of carbonyl (C=O) groups is 2. The number of anilines is 1. The zero-order chi connectivity index (χ0) is 14.3. The Hall–Kier alpha value is -2.37. The fraction of sp³-hybridized carbons (Fsp3) is 0.357. The van der Waals surface area contributed by atoms with E-state index in [1.54, 1.807) is 19.0 Å². The smallest absolute Gasteiger partial charge is 0.330 e. The Bertz CT molecular complexity index is 609. The summed E-state index contributed by atoms with van der Waals surface area (Å²) in [5.74, 6) is 0.617. The van der Waals surface area contributed by atoms with E-state index in [0.717, 1.165) is 17.1 Å². The molecule has 0 saturated carbocycles. The first-order valence-electron chi connectivity index (χ1n) is 6.52. The molecule has 6 nitrogen and oxygen atoms in total. The molecule has 3 amide bonds. The standard InChI is InChI=1S/C14H16N4O2/c1-16(2)12(19)9-18-11-6-4-3-5-10(11)13-15-7-8-17(13)14(18)20/h3-6H,7-9H2,1-2H3. The van der Waals surface area contributed by atoms with Crippen LogP contribution in [0.3, 0.4) is 0 Å². The Kier molecular flexibility index (Phi) is 2.93. The summed E-state index contributed by atoms with van der Waals surface area (Å²) in [6.07, 6.45) is 0. The lowest BCUT2D eigenvalue weighted by molar-refractivity contribution is -0.127. The van der Waals surface area contributed by atoms with Crippen molar-refractivity contribution in [3.63, 3.8) is 0 Å². The van der Waals surface area contributed by atoms with Gasteiger partial charge in [-0.2, -0.15) is 0 Å². The predicted octanol–water partition coefficient (Wildman–Crippen LogP) is 0.777. The molecule has 3 rings (SSSR count). The highest BCUT2D eigenvalue weighted by Gasteiger charge is 2.37. The van der Waals surface area contributed by atoms with Gasteiger partial charge >= 0.3 is 6.03 Å². The van der Waals surface area contributed by atoms with E-state index in [1.165, 1.54) is 9.80 Å².